The summed E-state index contributed by atoms with van der Waals surface area (Å²) in [5.74, 6) is 0.0931. The lowest BCUT2D eigenvalue weighted by Crippen LogP contribution is -2.16. The van der Waals surface area contributed by atoms with Crippen LogP contribution in [-0.2, 0) is 9.84 Å². The molecule has 2 rings (SSSR count). The maximum Gasteiger partial charge on any atom is 0.153 e. The predicted molar refractivity (Wildman–Crippen MR) is 66.1 cm³/mol. The van der Waals surface area contributed by atoms with Crippen LogP contribution in [0.5, 0.6) is 0 Å². The minimum atomic E-state index is -2.99. The molecule has 1 heterocycles. The summed E-state index contributed by atoms with van der Waals surface area (Å²) in [4.78, 5) is 4.23. The summed E-state index contributed by atoms with van der Waals surface area (Å²) in [7, 11) is -2.99. The topological polar surface area (TPSA) is 46.5 Å². The summed E-state index contributed by atoms with van der Waals surface area (Å²) in [6, 6.07) is 9.25. The van der Waals surface area contributed by atoms with Crippen molar-refractivity contribution in [1.82, 2.24) is 0 Å². The van der Waals surface area contributed by atoms with E-state index in [4.69, 9.17) is 11.6 Å². The Bertz CT molecular complexity index is 484. The smallest absolute Gasteiger partial charge is 0.153 e. The highest BCUT2D eigenvalue weighted by Crippen LogP contribution is 2.20. The monoisotopic (exact) mass is 257 g/mol. The Morgan fingerprint density at radius 3 is 2.50 bits per heavy atom. The minimum absolute atomic E-state index is 0.0331. The Balaban J connectivity index is 2.09. The van der Waals surface area contributed by atoms with Crippen LogP contribution in [0.2, 0.25) is 0 Å². The van der Waals surface area contributed by atoms with Crippen LogP contribution in [0.4, 0.5) is 0 Å². The van der Waals surface area contributed by atoms with E-state index < -0.39 is 15.2 Å². The lowest BCUT2D eigenvalue weighted by atomic mass is 10.2. The molecule has 3 nitrogen and oxygen atoms in total. The first-order valence-corrected chi connectivity index (χ1v) is 7.25. The summed E-state index contributed by atoms with van der Waals surface area (Å²) in [6.45, 7) is 0. The molecule has 1 saturated heterocycles. The van der Waals surface area contributed by atoms with Crippen molar-refractivity contribution < 1.29 is 8.42 Å². The van der Waals surface area contributed by atoms with Gasteiger partial charge in [0.25, 0.3) is 0 Å². The van der Waals surface area contributed by atoms with Crippen LogP contribution in [-0.4, -0.2) is 37.6 Å². The first-order valence-electron chi connectivity index (χ1n) is 4.99. The fourth-order valence-electron chi connectivity index (χ4n) is 1.64. The van der Waals surface area contributed by atoms with Gasteiger partial charge in [0.05, 0.1) is 22.9 Å². The van der Waals surface area contributed by atoms with Crippen molar-refractivity contribution >= 4 is 27.7 Å². The van der Waals surface area contributed by atoms with Gasteiger partial charge in [-0.3, -0.25) is 4.99 Å². The van der Waals surface area contributed by atoms with Crippen molar-refractivity contribution in [3.05, 3.63) is 35.9 Å². The van der Waals surface area contributed by atoms with E-state index in [1.165, 1.54) is 0 Å². The van der Waals surface area contributed by atoms with Crippen molar-refractivity contribution in [1.29, 1.82) is 0 Å². The second-order valence-electron chi connectivity index (χ2n) is 3.85. The molecule has 2 atom stereocenters. The Kier molecular flexibility index (Phi) is 3.30. The molecule has 0 aliphatic carbocycles. The molecular formula is C11H12ClNO2S. The van der Waals surface area contributed by atoms with Crippen molar-refractivity contribution in [3.8, 4) is 0 Å². The van der Waals surface area contributed by atoms with Gasteiger partial charge < -0.3 is 0 Å². The number of sulfone groups is 1. The van der Waals surface area contributed by atoms with Crippen LogP contribution >= 0.6 is 11.6 Å². The summed E-state index contributed by atoms with van der Waals surface area (Å²) in [5.41, 5.74) is 0.954. The number of rotatable bonds is 2. The molecule has 0 aromatic heterocycles. The molecule has 1 aromatic carbocycles. The van der Waals surface area contributed by atoms with Gasteiger partial charge in [0.1, 0.15) is 0 Å². The van der Waals surface area contributed by atoms with Crippen LogP contribution in [0.25, 0.3) is 0 Å². The quantitative estimate of drug-likeness (QED) is 0.596. The highest BCUT2D eigenvalue weighted by atomic mass is 35.5. The first kappa shape index (κ1) is 11.6. The number of nitrogens with zero attached hydrogens (tertiary/aromatic N) is 1. The van der Waals surface area contributed by atoms with Gasteiger partial charge in [0, 0.05) is 6.21 Å². The van der Waals surface area contributed by atoms with Crippen molar-refractivity contribution in [2.24, 2.45) is 4.99 Å². The zero-order chi connectivity index (χ0) is 11.6. The van der Waals surface area contributed by atoms with Gasteiger partial charge in [-0.25, -0.2) is 8.42 Å². The molecule has 1 fully saturated rings. The molecule has 0 unspecified atom stereocenters. The highest BCUT2D eigenvalue weighted by molar-refractivity contribution is 7.91. The van der Waals surface area contributed by atoms with E-state index in [0.29, 0.717) is 0 Å². The zero-order valence-corrected chi connectivity index (χ0v) is 10.2. The second kappa shape index (κ2) is 4.55. The maximum atomic E-state index is 11.3. The van der Waals surface area contributed by atoms with Crippen LogP contribution in [0, 0.1) is 0 Å². The third-order valence-corrected chi connectivity index (χ3v) is 4.81. The number of hydrogen-bond acceptors (Lipinski definition) is 3. The van der Waals surface area contributed by atoms with E-state index in [9.17, 15) is 8.42 Å². The fraction of sp³-hybridized carbons (Fsp3) is 0.364. The molecule has 0 radical (unpaired) electrons. The van der Waals surface area contributed by atoms with Crippen LogP contribution in [0.3, 0.4) is 0 Å². The van der Waals surface area contributed by atoms with E-state index >= 15 is 0 Å². The summed E-state index contributed by atoms with van der Waals surface area (Å²) in [5, 5.41) is -0.398. The van der Waals surface area contributed by atoms with Crippen molar-refractivity contribution in [2.45, 2.75) is 11.4 Å². The van der Waals surface area contributed by atoms with Gasteiger partial charge in [0.2, 0.25) is 0 Å². The lowest BCUT2D eigenvalue weighted by Gasteiger charge is -2.04. The SMILES string of the molecule is O=S1(=O)C[C@@H](Cl)[C@H](N=Cc2ccccc2)C1. The Hall–Kier alpha value is -0.870. The first-order chi connectivity index (χ1) is 7.57. The third kappa shape index (κ3) is 2.83. The zero-order valence-electron chi connectivity index (χ0n) is 8.58. The maximum absolute atomic E-state index is 11.3. The molecule has 5 heteroatoms. The summed E-state index contributed by atoms with van der Waals surface area (Å²) >= 11 is 5.94. The van der Waals surface area contributed by atoms with Gasteiger partial charge in [-0.2, -0.15) is 0 Å². The number of halogens is 1. The molecule has 0 N–H and O–H groups in total. The largest absolute Gasteiger partial charge is 0.287 e. The number of alkyl halides is 1. The Morgan fingerprint density at radius 1 is 1.25 bits per heavy atom. The second-order valence-corrected chi connectivity index (χ2v) is 6.56. The lowest BCUT2D eigenvalue weighted by molar-refractivity contribution is 0.601. The van der Waals surface area contributed by atoms with E-state index in [0.717, 1.165) is 5.56 Å². The van der Waals surface area contributed by atoms with Crippen LogP contribution < -0.4 is 0 Å². The number of benzene rings is 1. The predicted octanol–water partition coefficient (Wildman–Crippen LogP) is 1.51. The molecule has 0 saturated carbocycles. The Labute approximate surface area is 100 Å². The molecule has 1 aliphatic rings. The van der Waals surface area contributed by atoms with Crippen molar-refractivity contribution in [2.75, 3.05) is 11.5 Å². The number of aliphatic imine (C=N–C) groups is 1. The molecule has 86 valence electrons. The van der Waals surface area contributed by atoms with E-state index in [1.807, 2.05) is 30.3 Å². The number of hydrogen-bond donors (Lipinski definition) is 0. The molecule has 0 spiro atoms. The Morgan fingerprint density at radius 2 is 1.94 bits per heavy atom. The standard InChI is InChI=1S/C11H12ClNO2S/c12-10-7-16(14,15)8-11(10)13-6-9-4-2-1-3-5-9/h1-6,10-11H,7-8H2/t10-,11-/m1/s1. The van der Waals surface area contributed by atoms with Gasteiger partial charge in [-0.15, -0.1) is 11.6 Å². The third-order valence-electron chi connectivity index (χ3n) is 2.47. The molecule has 1 aromatic rings. The molecule has 1 aliphatic heterocycles. The molecule has 16 heavy (non-hydrogen) atoms. The van der Waals surface area contributed by atoms with Gasteiger partial charge in [-0.1, -0.05) is 30.3 Å². The molecule has 0 bridgehead atoms. The fourth-order valence-corrected chi connectivity index (χ4v) is 4.16. The summed E-state index contributed by atoms with van der Waals surface area (Å²) < 4.78 is 22.6. The minimum Gasteiger partial charge on any atom is -0.287 e. The molecule has 0 amide bonds. The highest BCUT2D eigenvalue weighted by Gasteiger charge is 2.35. The summed E-state index contributed by atoms with van der Waals surface area (Å²) in [6.07, 6.45) is 1.68. The molecular weight excluding hydrogens is 246 g/mol. The average molecular weight is 258 g/mol. The van der Waals surface area contributed by atoms with E-state index in [2.05, 4.69) is 4.99 Å². The van der Waals surface area contributed by atoms with E-state index in [1.54, 1.807) is 6.21 Å². The van der Waals surface area contributed by atoms with Gasteiger partial charge in [0.15, 0.2) is 9.84 Å². The van der Waals surface area contributed by atoms with Gasteiger partial charge >= 0.3 is 0 Å². The average Bonchev–Trinajstić information content (AvgIpc) is 2.50. The van der Waals surface area contributed by atoms with Crippen LogP contribution in [0.15, 0.2) is 35.3 Å². The van der Waals surface area contributed by atoms with Crippen LogP contribution in [0.1, 0.15) is 5.56 Å². The van der Waals surface area contributed by atoms with Crippen molar-refractivity contribution in [3.63, 3.8) is 0 Å². The van der Waals surface area contributed by atoms with E-state index in [-0.39, 0.29) is 17.5 Å². The normalized spacial score (nSPS) is 28.6. The van der Waals surface area contributed by atoms with Gasteiger partial charge in [-0.05, 0) is 5.56 Å².